The number of ketones is 1. The smallest absolute Gasteiger partial charge is 0.236 e. The van der Waals surface area contributed by atoms with Gasteiger partial charge in [-0.2, -0.15) is 0 Å². The van der Waals surface area contributed by atoms with Crippen molar-refractivity contribution < 1.29 is 4.79 Å². The van der Waals surface area contributed by atoms with Gasteiger partial charge in [0.2, 0.25) is 5.78 Å². The number of carbonyl (C=O) groups excluding carboxylic acids is 1. The number of rotatable bonds is 1. The molecule has 0 spiro atoms. The minimum atomic E-state index is -0.203. The first-order valence-corrected chi connectivity index (χ1v) is 5.89. The Morgan fingerprint density at radius 3 is 2.53 bits per heavy atom. The first-order valence-electron chi connectivity index (χ1n) is 5.01. The molecule has 0 saturated heterocycles. The Labute approximate surface area is 104 Å². The minimum absolute atomic E-state index is 0.203. The van der Waals surface area contributed by atoms with Crippen molar-refractivity contribution in [2.24, 2.45) is 0 Å². The van der Waals surface area contributed by atoms with Gasteiger partial charge in [-0.15, -0.1) is 11.3 Å². The first kappa shape index (κ1) is 11.2. The Kier molecular flexibility index (Phi) is 3.76. The van der Waals surface area contributed by atoms with Gasteiger partial charge < -0.3 is 0 Å². The summed E-state index contributed by atoms with van der Waals surface area (Å²) in [6.07, 6.45) is 0. The highest BCUT2D eigenvalue weighted by Gasteiger charge is 1.98. The van der Waals surface area contributed by atoms with E-state index < -0.39 is 0 Å². The molecule has 0 radical (unpaired) electrons. The van der Waals surface area contributed by atoms with Crippen molar-refractivity contribution in [3.63, 3.8) is 0 Å². The van der Waals surface area contributed by atoms with Crippen LogP contribution in [0.2, 0.25) is 0 Å². The molecule has 0 aliphatic rings. The molecule has 0 fully saturated rings. The fourth-order valence-electron chi connectivity index (χ4n) is 1.19. The second-order valence-electron chi connectivity index (χ2n) is 3.17. The van der Waals surface area contributed by atoms with Crippen LogP contribution >= 0.6 is 11.3 Å². The molecular weight excluding hydrogens is 228 g/mol. The zero-order valence-electron chi connectivity index (χ0n) is 8.94. The van der Waals surface area contributed by atoms with Crippen LogP contribution in [-0.2, 0) is 0 Å². The Bertz CT molecular complexity index is 616. The molecule has 1 aromatic heterocycles. The molecule has 1 aromatic carbocycles. The van der Waals surface area contributed by atoms with Crippen LogP contribution in [0.5, 0.6) is 0 Å². The van der Waals surface area contributed by atoms with Gasteiger partial charge in [0.25, 0.3) is 0 Å². The van der Waals surface area contributed by atoms with Crippen LogP contribution in [0.25, 0.3) is 0 Å². The zero-order valence-corrected chi connectivity index (χ0v) is 9.75. The second kappa shape index (κ2) is 5.70. The van der Waals surface area contributed by atoms with E-state index in [1.165, 1.54) is 0 Å². The van der Waals surface area contributed by atoms with Crippen LogP contribution in [0, 0.1) is 23.7 Å². The molecule has 2 rings (SSSR count). The maximum absolute atomic E-state index is 11.6. The van der Waals surface area contributed by atoms with Crippen LogP contribution in [-0.4, -0.2) is 5.78 Å². The maximum Gasteiger partial charge on any atom is 0.236 e. The monoisotopic (exact) mass is 236 g/mol. The highest BCUT2D eigenvalue weighted by Crippen LogP contribution is 2.05. The third-order valence-electron chi connectivity index (χ3n) is 1.98. The predicted octanol–water partition coefficient (Wildman–Crippen LogP) is 2.99. The van der Waals surface area contributed by atoms with Crippen LogP contribution in [0.3, 0.4) is 0 Å². The summed E-state index contributed by atoms with van der Waals surface area (Å²) in [4.78, 5) is 12.5. The van der Waals surface area contributed by atoms with Crippen LogP contribution in [0.4, 0.5) is 0 Å². The van der Waals surface area contributed by atoms with E-state index in [0.29, 0.717) is 5.56 Å². The normalized spacial score (nSPS) is 8.47. The van der Waals surface area contributed by atoms with Gasteiger partial charge in [-0.05, 0) is 35.1 Å². The molecule has 0 atom stereocenters. The summed E-state index contributed by atoms with van der Waals surface area (Å²) in [5, 5.41) is 1.95. The minimum Gasteiger partial charge on any atom is -0.279 e. The lowest BCUT2D eigenvalue weighted by Crippen LogP contribution is -1.93. The molecule has 0 aliphatic heterocycles. The molecule has 0 amide bonds. The second-order valence-corrected chi connectivity index (χ2v) is 4.12. The fraction of sp³-hybridized carbons (Fsp3) is 0. The highest BCUT2D eigenvalue weighted by atomic mass is 32.1. The summed E-state index contributed by atoms with van der Waals surface area (Å²) in [7, 11) is 0. The third kappa shape index (κ3) is 3.34. The van der Waals surface area contributed by atoms with Crippen molar-refractivity contribution in [2.45, 2.75) is 0 Å². The van der Waals surface area contributed by atoms with Crippen LogP contribution < -0.4 is 0 Å². The molecule has 0 bridgehead atoms. The van der Waals surface area contributed by atoms with Gasteiger partial charge in [0, 0.05) is 5.56 Å². The van der Waals surface area contributed by atoms with Crippen molar-refractivity contribution >= 4 is 17.1 Å². The van der Waals surface area contributed by atoms with E-state index in [9.17, 15) is 4.79 Å². The molecule has 1 nitrogen and oxygen atoms in total. The lowest BCUT2D eigenvalue weighted by molar-refractivity contribution is 0.105. The number of Topliss-reactive ketones (excluding diaryl/α,β-unsaturated/α-hetero) is 1. The Balaban J connectivity index is 2.06. The Morgan fingerprint density at radius 1 is 1.00 bits per heavy atom. The average Bonchev–Trinajstić information content (AvgIpc) is 2.88. The van der Waals surface area contributed by atoms with Crippen LogP contribution in [0.1, 0.15) is 15.2 Å². The molecule has 17 heavy (non-hydrogen) atoms. The quantitative estimate of drug-likeness (QED) is 0.422. The van der Waals surface area contributed by atoms with Crippen LogP contribution in [0.15, 0.2) is 47.8 Å². The van der Waals surface area contributed by atoms with E-state index in [2.05, 4.69) is 23.7 Å². The van der Waals surface area contributed by atoms with E-state index >= 15 is 0 Å². The lowest BCUT2D eigenvalue weighted by atomic mass is 10.1. The zero-order chi connectivity index (χ0) is 11.9. The molecule has 80 valence electrons. The van der Waals surface area contributed by atoms with E-state index in [4.69, 9.17) is 0 Å². The van der Waals surface area contributed by atoms with Gasteiger partial charge in [0.1, 0.15) is 0 Å². The molecular formula is C15H8OS. The summed E-state index contributed by atoms with van der Waals surface area (Å²) in [5.41, 5.74) is 0.595. The Morgan fingerprint density at radius 2 is 1.82 bits per heavy atom. The highest BCUT2D eigenvalue weighted by molar-refractivity contribution is 7.10. The topological polar surface area (TPSA) is 17.1 Å². The molecule has 2 aromatic rings. The number of hydrogen-bond donors (Lipinski definition) is 0. The van der Waals surface area contributed by atoms with Gasteiger partial charge in [0.05, 0.1) is 4.88 Å². The number of thiophene rings is 1. The number of carbonyl (C=O) groups is 1. The van der Waals surface area contributed by atoms with E-state index in [1.54, 1.807) is 23.5 Å². The lowest BCUT2D eigenvalue weighted by Gasteiger charge is -1.89. The van der Waals surface area contributed by atoms with Gasteiger partial charge in [0.15, 0.2) is 0 Å². The largest absolute Gasteiger partial charge is 0.279 e. The average molecular weight is 236 g/mol. The number of benzene rings is 1. The van der Waals surface area contributed by atoms with Gasteiger partial charge in [-0.25, -0.2) is 0 Å². The molecule has 0 N–H and O–H groups in total. The van der Waals surface area contributed by atoms with Crippen molar-refractivity contribution in [2.75, 3.05) is 0 Å². The van der Waals surface area contributed by atoms with E-state index in [1.807, 2.05) is 35.7 Å². The number of hydrogen-bond acceptors (Lipinski definition) is 2. The molecule has 1 heterocycles. The molecule has 2 heteroatoms. The summed E-state index contributed by atoms with van der Waals surface area (Å²) in [6.45, 7) is 0. The van der Waals surface area contributed by atoms with Crippen molar-refractivity contribution in [1.82, 2.24) is 0 Å². The van der Waals surface area contributed by atoms with E-state index in [0.717, 1.165) is 4.88 Å². The molecule has 0 saturated carbocycles. The SMILES string of the molecule is O=C(C#CC#Cc1cccs1)c1ccccc1. The predicted molar refractivity (Wildman–Crippen MR) is 69.7 cm³/mol. The summed E-state index contributed by atoms with van der Waals surface area (Å²) < 4.78 is 0. The van der Waals surface area contributed by atoms with Crippen molar-refractivity contribution in [3.8, 4) is 23.7 Å². The summed E-state index contributed by atoms with van der Waals surface area (Å²) in [5.74, 6) is 10.4. The summed E-state index contributed by atoms with van der Waals surface area (Å²) in [6, 6.07) is 12.8. The standard InChI is InChI=1S/C15H8OS/c16-15(13-7-2-1-3-8-13)11-5-4-9-14-10-6-12-17-14/h1-3,6-8,10,12H. The Hall–Kier alpha value is -2.29. The third-order valence-corrected chi connectivity index (χ3v) is 2.77. The van der Waals surface area contributed by atoms with E-state index in [-0.39, 0.29) is 5.78 Å². The van der Waals surface area contributed by atoms with Gasteiger partial charge >= 0.3 is 0 Å². The molecule has 0 unspecified atom stereocenters. The van der Waals surface area contributed by atoms with Gasteiger partial charge in [-0.3, -0.25) is 4.79 Å². The van der Waals surface area contributed by atoms with Gasteiger partial charge in [-0.1, -0.05) is 36.4 Å². The van der Waals surface area contributed by atoms with Crippen molar-refractivity contribution in [3.05, 3.63) is 58.3 Å². The molecule has 0 aliphatic carbocycles. The summed E-state index contributed by atoms with van der Waals surface area (Å²) >= 11 is 1.55. The van der Waals surface area contributed by atoms with Crippen molar-refractivity contribution in [1.29, 1.82) is 0 Å². The first-order chi connectivity index (χ1) is 8.36. The maximum atomic E-state index is 11.6. The fourth-order valence-corrected chi connectivity index (χ4v) is 1.76.